The number of sulfonamides is 1. The third-order valence-electron chi connectivity index (χ3n) is 5.35. The lowest BCUT2D eigenvalue weighted by Gasteiger charge is -2.26. The second-order valence-corrected chi connectivity index (χ2v) is 10.3. The summed E-state index contributed by atoms with van der Waals surface area (Å²) < 4.78 is 33.7. The van der Waals surface area contributed by atoms with Crippen LogP contribution in [0.2, 0.25) is 5.02 Å². The molecule has 0 fully saturated rings. The first kappa shape index (κ1) is 25.6. The maximum absolute atomic E-state index is 13.5. The van der Waals surface area contributed by atoms with E-state index < -0.39 is 15.9 Å². The number of rotatable bonds is 10. The molecule has 3 aromatic carbocycles. The molecule has 1 N–H and O–H groups in total. The molecular weight excluding hydrogens is 472 g/mol. The van der Waals surface area contributed by atoms with Crippen molar-refractivity contribution in [2.24, 2.45) is 0 Å². The van der Waals surface area contributed by atoms with Crippen molar-refractivity contribution >= 4 is 33.2 Å². The first-order valence-electron chi connectivity index (χ1n) is 11.0. The lowest BCUT2D eigenvalue weighted by atomic mass is 10.2. The van der Waals surface area contributed by atoms with Gasteiger partial charge in [-0.15, -0.1) is 0 Å². The van der Waals surface area contributed by atoms with Gasteiger partial charge in [0.2, 0.25) is 5.91 Å². The van der Waals surface area contributed by atoms with Gasteiger partial charge in [0, 0.05) is 5.02 Å². The number of nitrogens with one attached hydrogen (secondary N) is 1. The summed E-state index contributed by atoms with van der Waals surface area (Å²) in [4.78, 5) is 12.8. The van der Waals surface area contributed by atoms with E-state index in [1.807, 2.05) is 31.2 Å². The number of halogens is 1. The quantitative estimate of drug-likeness (QED) is 0.401. The Morgan fingerprint density at radius 3 is 2.29 bits per heavy atom. The molecule has 0 radical (unpaired) electrons. The number of carbonyl (C=O) groups is 1. The number of benzene rings is 3. The molecule has 0 atom stereocenters. The van der Waals surface area contributed by atoms with E-state index in [-0.39, 0.29) is 24.6 Å². The van der Waals surface area contributed by atoms with Crippen LogP contribution in [0, 0.1) is 13.8 Å². The predicted molar refractivity (Wildman–Crippen MR) is 136 cm³/mol. The van der Waals surface area contributed by atoms with Crippen molar-refractivity contribution in [2.75, 3.05) is 24.0 Å². The van der Waals surface area contributed by atoms with Gasteiger partial charge >= 0.3 is 0 Å². The fraction of sp³-hybridized carbons (Fsp3) is 0.269. The van der Waals surface area contributed by atoms with Crippen LogP contribution in [0.4, 0.5) is 5.69 Å². The fourth-order valence-electron chi connectivity index (χ4n) is 3.40. The SMILES string of the molecule is CCc1ccc(OCCNC(=O)CN(c2ccc(Cl)cc2C)S(=O)(=O)c2ccc(C)cc2)cc1. The van der Waals surface area contributed by atoms with Crippen LogP contribution in [-0.2, 0) is 21.2 Å². The fourth-order valence-corrected chi connectivity index (χ4v) is 5.12. The molecule has 0 unspecified atom stereocenters. The highest BCUT2D eigenvalue weighted by molar-refractivity contribution is 7.92. The Labute approximate surface area is 206 Å². The van der Waals surface area contributed by atoms with Gasteiger partial charge in [-0.1, -0.05) is 48.4 Å². The van der Waals surface area contributed by atoms with E-state index in [9.17, 15) is 13.2 Å². The summed E-state index contributed by atoms with van der Waals surface area (Å²) in [6.07, 6.45) is 0.950. The smallest absolute Gasteiger partial charge is 0.264 e. The van der Waals surface area contributed by atoms with Crippen molar-refractivity contribution < 1.29 is 17.9 Å². The van der Waals surface area contributed by atoms with E-state index >= 15 is 0 Å². The minimum Gasteiger partial charge on any atom is -0.492 e. The van der Waals surface area contributed by atoms with Gasteiger partial charge < -0.3 is 10.1 Å². The molecule has 0 aromatic heterocycles. The summed E-state index contributed by atoms with van der Waals surface area (Å²) in [6.45, 7) is 5.86. The molecule has 0 aliphatic carbocycles. The maximum Gasteiger partial charge on any atom is 0.264 e. The van der Waals surface area contributed by atoms with Crippen LogP contribution in [0.25, 0.3) is 0 Å². The van der Waals surface area contributed by atoms with Gasteiger partial charge in [-0.05, 0) is 73.9 Å². The summed E-state index contributed by atoms with van der Waals surface area (Å²) in [7, 11) is -3.98. The van der Waals surface area contributed by atoms with Crippen LogP contribution >= 0.6 is 11.6 Å². The predicted octanol–water partition coefficient (Wildman–Crippen LogP) is 4.91. The van der Waals surface area contributed by atoms with E-state index in [2.05, 4.69) is 12.2 Å². The summed E-state index contributed by atoms with van der Waals surface area (Å²) in [5, 5.41) is 3.23. The second kappa shape index (κ2) is 11.4. The zero-order chi connectivity index (χ0) is 24.7. The highest BCUT2D eigenvalue weighted by atomic mass is 35.5. The lowest BCUT2D eigenvalue weighted by molar-refractivity contribution is -0.119. The molecule has 0 saturated carbocycles. The minimum atomic E-state index is -3.98. The molecule has 3 rings (SSSR count). The van der Waals surface area contributed by atoms with Gasteiger partial charge in [-0.2, -0.15) is 0 Å². The summed E-state index contributed by atoms with van der Waals surface area (Å²) >= 11 is 6.07. The third-order valence-corrected chi connectivity index (χ3v) is 7.36. The van der Waals surface area contributed by atoms with Crippen molar-refractivity contribution in [2.45, 2.75) is 32.1 Å². The van der Waals surface area contributed by atoms with Gasteiger partial charge in [0.1, 0.15) is 18.9 Å². The third kappa shape index (κ3) is 6.52. The number of hydrogen-bond donors (Lipinski definition) is 1. The van der Waals surface area contributed by atoms with E-state index in [4.69, 9.17) is 16.3 Å². The van der Waals surface area contributed by atoms with E-state index in [0.29, 0.717) is 22.0 Å². The van der Waals surface area contributed by atoms with Crippen LogP contribution in [0.3, 0.4) is 0 Å². The van der Waals surface area contributed by atoms with Crippen LogP contribution in [0.5, 0.6) is 5.75 Å². The number of ether oxygens (including phenoxy) is 1. The first-order valence-corrected chi connectivity index (χ1v) is 12.9. The highest BCUT2D eigenvalue weighted by Gasteiger charge is 2.28. The zero-order valence-corrected chi connectivity index (χ0v) is 21.1. The first-order chi connectivity index (χ1) is 16.2. The topological polar surface area (TPSA) is 75.7 Å². The van der Waals surface area contributed by atoms with Gasteiger partial charge in [0.15, 0.2) is 0 Å². The Morgan fingerprint density at radius 2 is 1.68 bits per heavy atom. The maximum atomic E-state index is 13.5. The van der Waals surface area contributed by atoms with Gasteiger partial charge in [-0.3, -0.25) is 9.10 Å². The van der Waals surface area contributed by atoms with Gasteiger partial charge in [0.25, 0.3) is 10.0 Å². The van der Waals surface area contributed by atoms with Crippen molar-refractivity contribution in [3.63, 3.8) is 0 Å². The summed E-state index contributed by atoms with van der Waals surface area (Å²) in [5.74, 6) is 0.279. The van der Waals surface area contributed by atoms with Crippen molar-refractivity contribution in [1.82, 2.24) is 5.32 Å². The molecule has 3 aromatic rings. The average Bonchev–Trinajstić information content (AvgIpc) is 2.81. The number of nitrogens with zero attached hydrogens (tertiary/aromatic N) is 1. The Kier molecular flexibility index (Phi) is 8.58. The minimum absolute atomic E-state index is 0.110. The Balaban J connectivity index is 1.71. The van der Waals surface area contributed by atoms with Crippen molar-refractivity contribution in [3.8, 4) is 5.75 Å². The van der Waals surface area contributed by atoms with Crippen LogP contribution in [0.15, 0.2) is 71.6 Å². The summed E-state index contributed by atoms with van der Waals surface area (Å²) in [5.41, 5.74) is 3.20. The Morgan fingerprint density at radius 1 is 1.00 bits per heavy atom. The van der Waals surface area contributed by atoms with Gasteiger partial charge in [0.05, 0.1) is 17.1 Å². The highest BCUT2D eigenvalue weighted by Crippen LogP contribution is 2.29. The standard InChI is InChI=1S/C26H29ClN2O4S/c1-4-21-7-10-23(11-8-21)33-16-15-28-26(30)18-29(25-14-9-22(27)17-20(25)3)34(31,32)24-12-5-19(2)6-13-24/h5-14,17H,4,15-16,18H2,1-3H3,(H,28,30). The number of hydrogen-bond acceptors (Lipinski definition) is 4. The molecule has 0 saturated heterocycles. The summed E-state index contributed by atoms with van der Waals surface area (Å²) in [6, 6.07) is 19.2. The second-order valence-electron chi connectivity index (χ2n) is 7.95. The lowest BCUT2D eigenvalue weighted by Crippen LogP contribution is -2.42. The molecule has 180 valence electrons. The molecule has 0 bridgehead atoms. The number of amides is 1. The Bertz CT molecular complexity index is 1230. The van der Waals surface area contributed by atoms with Crippen molar-refractivity contribution in [1.29, 1.82) is 0 Å². The monoisotopic (exact) mass is 500 g/mol. The van der Waals surface area contributed by atoms with Crippen LogP contribution < -0.4 is 14.4 Å². The zero-order valence-electron chi connectivity index (χ0n) is 19.5. The van der Waals surface area contributed by atoms with Crippen molar-refractivity contribution in [3.05, 3.63) is 88.4 Å². The number of carbonyl (C=O) groups excluding carboxylic acids is 1. The molecule has 8 heteroatoms. The largest absolute Gasteiger partial charge is 0.492 e. The normalized spacial score (nSPS) is 11.2. The molecule has 1 amide bonds. The Hall–Kier alpha value is -3.03. The van der Waals surface area contributed by atoms with Gasteiger partial charge in [-0.25, -0.2) is 8.42 Å². The average molecular weight is 501 g/mol. The molecule has 34 heavy (non-hydrogen) atoms. The molecule has 0 aliphatic heterocycles. The van der Waals surface area contributed by atoms with Crippen LogP contribution in [0.1, 0.15) is 23.6 Å². The number of anilines is 1. The van der Waals surface area contributed by atoms with Crippen LogP contribution in [-0.4, -0.2) is 34.0 Å². The molecule has 6 nitrogen and oxygen atoms in total. The molecule has 0 heterocycles. The molecule has 0 spiro atoms. The van der Waals surface area contributed by atoms with E-state index in [1.165, 1.54) is 5.56 Å². The van der Waals surface area contributed by atoms with E-state index in [1.54, 1.807) is 49.4 Å². The number of aryl methyl sites for hydroxylation is 3. The molecular formula is C26H29ClN2O4S. The molecule has 0 aliphatic rings. The van der Waals surface area contributed by atoms with E-state index in [0.717, 1.165) is 16.3 Å².